The molecule has 0 radical (unpaired) electrons. The molecule has 0 aromatic heterocycles. The Kier molecular flexibility index (Phi) is 8.69. The first kappa shape index (κ1) is 23.5. The van der Waals surface area contributed by atoms with Gasteiger partial charge in [0.1, 0.15) is 18.5 Å². The third-order valence-corrected chi connectivity index (χ3v) is 6.16. The number of ether oxygens (including phenoxy) is 2. The molecule has 2 aliphatic rings. The highest BCUT2D eigenvalue weighted by molar-refractivity contribution is 5.66. The van der Waals surface area contributed by atoms with Crippen molar-refractivity contribution >= 4 is 5.97 Å². The first-order valence-corrected chi connectivity index (χ1v) is 11.2. The third-order valence-electron chi connectivity index (χ3n) is 6.16. The second-order valence-corrected chi connectivity index (χ2v) is 8.67. The Labute approximate surface area is 184 Å². The zero-order chi connectivity index (χ0) is 22.2. The summed E-state index contributed by atoms with van der Waals surface area (Å²) in [5, 5.41) is 29.6. The Hall–Kier alpha value is -2.15. The fourth-order valence-electron chi connectivity index (χ4n) is 4.45. The van der Waals surface area contributed by atoms with Crippen molar-refractivity contribution < 1.29 is 29.6 Å². The van der Waals surface area contributed by atoms with E-state index < -0.39 is 18.2 Å². The third kappa shape index (κ3) is 7.20. The van der Waals surface area contributed by atoms with E-state index in [0.29, 0.717) is 19.4 Å². The molecule has 0 bridgehead atoms. The molecule has 1 saturated carbocycles. The van der Waals surface area contributed by atoms with Crippen LogP contribution in [0.5, 0.6) is 5.75 Å². The number of benzene rings is 1. The van der Waals surface area contributed by atoms with Gasteiger partial charge in [-0.25, -0.2) is 0 Å². The molecular weight excluding hydrogens is 396 g/mol. The highest BCUT2D eigenvalue weighted by Gasteiger charge is 2.42. The van der Waals surface area contributed by atoms with Crippen molar-refractivity contribution in [3.8, 4) is 5.75 Å². The van der Waals surface area contributed by atoms with Crippen molar-refractivity contribution in [1.29, 1.82) is 0 Å². The van der Waals surface area contributed by atoms with Gasteiger partial charge in [0.05, 0.1) is 18.8 Å². The molecule has 1 aliphatic heterocycles. The smallest absolute Gasteiger partial charge is 0.303 e. The molecule has 1 fully saturated rings. The standard InChI is InChI=1S/C25H34O6/c1-17-5-4-7-20(13-17)30-16-19(26)10-12-21-22-11-9-18(6-2-3-8-25(28)29)15-31-24(22)14-23(21)27/h4-5,7,9-10,12-13,19,21-24,26-27H,2-3,6,8,11,14-16H2,1H3,(H,28,29)/t19-,21-,22-,23-,24+/m1/s1. The van der Waals surface area contributed by atoms with E-state index >= 15 is 0 Å². The Morgan fingerprint density at radius 3 is 2.97 bits per heavy atom. The molecule has 0 spiro atoms. The van der Waals surface area contributed by atoms with Crippen LogP contribution in [0.15, 0.2) is 48.1 Å². The first-order valence-electron chi connectivity index (χ1n) is 11.2. The number of carboxylic acids is 1. The number of unbranched alkanes of at least 4 members (excludes halogenated alkanes) is 1. The number of hydrogen-bond acceptors (Lipinski definition) is 5. The van der Waals surface area contributed by atoms with Crippen LogP contribution in [0.4, 0.5) is 0 Å². The second kappa shape index (κ2) is 11.5. The van der Waals surface area contributed by atoms with E-state index in [-0.39, 0.29) is 31.0 Å². The Balaban J connectivity index is 1.50. The first-order chi connectivity index (χ1) is 14.9. The average Bonchev–Trinajstić information content (AvgIpc) is 2.89. The van der Waals surface area contributed by atoms with Gasteiger partial charge in [-0.05, 0) is 61.8 Å². The molecule has 3 rings (SSSR count). The summed E-state index contributed by atoms with van der Waals surface area (Å²) in [5.74, 6) is 0.0798. The lowest BCUT2D eigenvalue weighted by atomic mass is 9.89. The van der Waals surface area contributed by atoms with Crippen LogP contribution in [0.2, 0.25) is 0 Å². The molecule has 6 heteroatoms. The van der Waals surface area contributed by atoms with Gasteiger partial charge in [0.15, 0.2) is 0 Å². The molecule has 1 aliphatic carbocycles. The maximum absolute atomic E-state index is 10.6. The van der Waals surface area contributed by atoms with Crippen molar-refractivity contribution in [3.63, 3.8) is 0 Å². The quantitative estimate of drug-likeness (QED) is 0.387. The molecule has 6 nitrogen and oxygen atoms in total. The highest BCUT2D eigenvalue weighted by Crippen LogP contribution is 2.40. The molecule has 0 unspecified atom stereocenters. The fourth-order valence-corrected chi connectivity index (χ4v) is 4.45. The maximum Gasteiger partial charge on any atom is 0.303 e. The lowest BCUT2D eigenvalue weighted by molar-refractivity contribution is -0.137. The molecule has 1 aromatic rings. The predicted molar refractivity (Wildman–Crippen MR) is 118 cm³/mol. The van der Waals surface area contributed by atoms with Gasteiger partial charge in [0.2, 0.25) is 0 Å². The number of aryl methyl sites for hydroxylation is 1. The summed E-state index contributed by atoms with van der Waals surface area (Å²) in [6.45, 7) is 2.70. The van der Waals surface area contributed by atoms with Gasteiger partial charge in [-0.1, -0.05) is 30.4 Å². The lowest BCUT2D eigenvalue weighted by Crippen LogP contribution is -2.22. The summed E-state index contributed by atoms with van der Waals surface area (Å²) < 4.78 is 11.7. The fraction of sp³-hybridized carbons (Fsp3) is 0.560. The summed E-state index contributed by atoms with van der Waals surface area (Å²) in [6, 6.07) is 7.70. The molecule has 0 saturated heterocycles. The normalized spacial score (nSPS) is 26.9. The maximum atomic E-state index is 10.6. The van der Waals surface area contributed by atoms with Crippen molar-refractivity contribution in [3.05, 3.63) is 53.6 Å². The van der Waals surface area contributed by atoms with Gasteiger partial charge >= 0.3 is 5.97 Å². The van der Waals surface area contributed by atoms with Crippen LogP contribution >= 0.6 is 0 Å². The highest BCUT2D eigenvalue weighted by atomic mass is 16.5. The minimum absolute atomic E-state index is 0.00175. The van der Waals surface area contributed by atoms with Crippen molar-refractivity contribution in [1.82, 2.24) is 0 Å². The van der Waals surface area contributed by atoms with Gasteiger partial charge in [-0.2, -0.15) is 0 Å². The second-order valence-electron chi connectivity index (χ2n) is 8.67. The Morgan fingerprint density at radius 2 is 2.19 bits per heavy atom. The summed E-state index contributed by atoms with van der Waals surface area (Å²) in [4.78, 5) is 10.6. The molecule has 5 atom stereocenters. The van der Waals surface area contributed by atoms with Gasteiger partial charge in [0, 0.05) is 18.8 Å². The zero-order valence-corrected chi connectivity index (χ0v) is 18.2. The van der Waals surface area contributed by atoms with Crippen molar-refractivity contribution in [2.75, 3.05) is 13.2 Å². The number of rotatable bonds is 10. The molecular formula is C25H34O6. The van der Waals surface area contributed by atoms with Crippen LogP contribution in [-0.2, 0) is 9.53 Å². The Morgan fingerprint density at radius 1 is 1.35 bits per heavy atom. The molecule has 0 amide bonds. The summed E-state index contributed by atoms with van der Waals surface area (Å²) >= 11 is 0. The van der Waals surface area contributed by atoms with E-state index in [1.165, 1.54) is 5.57 Å². The van der Waals surface area contributed by atoms with Gasteiger partial charge in [-0.15, -0.1) is 0 Å². The van der Waals surface area contributed by atoms with Crippen molar-refractivity contribution in [2.24, 2.45) is 11.8 Å². The monoisotopic (exact) mass is 430 g/mol. The summed E-state index contributed by atoms with van der Waals surface area (Å²) in [5.41, 5.74) is 2.31. The SMILES string of the molecule is Cc1cccc(OC[C@H](O)C=C[C@@H]2[C@H]3CC=C(CCCCC(=O)O)CO[C@H]3C[C@H]2O)c1. The van der Waals surface area contributed by atoms with E-state index in [4.69, 9.17) is 14.6 Å². The van der Waals surface area contributed by atoms with Gasteiger partial charge in [0.25, 0.3) is 0 Å². The van der Waals surface area contributed by atoms with Crippen molar-refractivity contribution in [2.45, 2.75) is 63.8 Å². The minimum atomic E-state index is -0.754. The molecule has 3 N–H and O–H groups in total. The van der Waals surface area contributed by atoms with Crippen LogP contribution in [0.25, 0.3) is 0 Å². The number of carboxylic acid groups (broad SMARTS) is 1. The van der Waals surface area contributed by atoms with E-state index in [1.807, 2.05) is 37.3 Å². The lowest BCUT2D eigenvalue weighted by Gasteiger charge is -2.20. The molecule has 1 heterocycles. The van der Waals surface area contributed by atoms with E-state index in [0.717, 1.165) is 30.6 Å². The number of carbonyl (C=O) groups is 1. The largest absolute Gasteiger partial charge is 0.491 e. The zero-order valence-electron chi connectivity index (χ0n) is 18.2. The van der Waals surface area contributed by atoms with Gasteiger partial charge < -0.3 is 24.8 Å². The number of allylic oxidation sites excluding steroid dienone is 1. The summed E-state index contributed by atoms with van der Waals surface area (Å²) in [7, 11) is 0. The van der Waals surface area contributed by atoms with Crippen LogP contribution in [0.1, 0.15) is 44.1 Å². The number of aliphatic carboxylic acids is 1. The molecule has 31 heavy (non-hydrogen) atoms. The van der Waals surface area contributed by atoms with Crippen LogP contribution < -0.4 is 4.74 Å². The molecule has 1 aromatic carbocycles. The van der Waals surface area contributed by atoms with E-state index in [2.05, 4.69) is 6.08 Å². The van der Waals surface area contributed by atoms with Crippen LogP contribution in [0.3, 0.4) is 0 Å². The topological polar surface area (TPSA) is 96.2 Å². The number of aliphatic hydroxyl groups excluding tert-OH is 2. The van der Waals surface area contributed by atoms with Crippen LogP contribution in [-0.4, -0.2) is 52.8 Å². The number of aliphatic hydroxyl groups is 2. The van der Waals surface area contributed by atoms with Gasteiger partial charge in [-0.3, -0.25) is 4.79 Å². The van der Waals surface area contributed by atoms with Crippen LogP contribution in [0, 0.1) is 18.8 Å². The summed E-state index contributed by atoms with van der Waals surface area (Å²) in [6.07, 6.45) is 8.57. The average molecular weight is 431 g/mol. The molecule has 170 valence electrons. The number of hydrogen-bond donors (Lipinski definition) is 3. The van der Waals surface area contributed by atoms with E-state index in [1.54, 1.807) is 6.08 Å². The predicted octanol–water partition coefficient (Wildman–Crippen LogP) is 3.65. The minimum Gasteiger partial charge on any atom is -0.491 e. The number of fused-ring (bicyclic) bond motifs is 1. The Bertz CT molecular complexity index is 786. The van der Waals surface area contributed by atoms with E-state index in [9.17, 15) is 15.0 Å².